The zero-order valence-electron chi connectivity index (χ0n) is 16.1. The number of amides is 1. The third-order valence-corrected chi connectivity index (χ3v) is 4.42. The lowest BCUT2D eigenvalue weighted by Crippen LogP contribution is -2.26. The van der Waals surface area contributed by atoms with Gasteiger partial charge in [-0.25, -0.2) is 0 Å². The second-order valence-electron chi connectivity index (χ2n) is 7.07. The average molecular weight is 398 g/mol. The van der Waals surface area contributed by atoms with Crippen LogP contribution in [0.15, 0.2) is 65.1 Å². The van der Waals surface area contributed by atoms with Crippen molar-refractivity contribution < 1.29 is 13.9 Å². The molecule has 0 saturated heterocycles. The van der Waals surface area contributed by atoms with Gasteiger partial charge >= 0.3 is 0 Å². The minimum absolute atomic E-state index is 0.202. The van der Waals surface area contributed by atoms with Crippen LogP contribution in [-0.2, 0) is 13.0 Å². The first-order valence-electron chi connectivity index (χ1n) is 9.33. The van der Waals surface area contributed by atoms with Crippen LogP contribution in [0.25, 0.3) is 0 Å². The first-order chi connectivity index (χ1) is 13.5. The standard InChI is InChI=1S/C23H24ClNO3/c1-16(2)14-25-23(26)22-11-9-20(28-22)13-18-12-19(24)8-10-21(18)27-15-17-6-4-3-5-7-17/h3-12,16H,13-15H2,1-2H3,(H,25,26). The van der Waals surface area contributed by atoms with Crippen molar-refractivity contribution >= 4 is 17.5 Å². The molecule has 0 aliphatic heterocycles. The van der Waals surface area contributed by atoms with Crippen LogP contribution in [0.5, 0.6) is 5.75 Å². The number of benzene rings is 2. The summed E-state index contributed by atoms with van der Waals surface area (Å²) in [6.07, 6.45) is 0.488. The van der Waals surface area contributed by atoms with Crippen LogP contribution in [-0.4, -0.2) is 12.5 Å². The summed E-state index contributed by atoms with van der Waals surface area (Å²) in [6, 6.07) is 19.0. The lowest BCUT2D eigenvalue weighted by atomic mass is 10.1. The van der Waals surface area contributed by atoms with E-state index in [0.29, 0.717) is 42.0 Å². The molecule has 2 aromatic carbocycles. The number of ether oxygens (including phenoxy) is 1. The number of hydrogen-bond acceptors (Lipinski definition) is 3. The maximum atomic E-state index is 12.1. The molecule has 146 valence electrons. The van der Waals surface area contributed by atoms with E-state index < -0.39 is 0 Å². The van der Waals surface area contributed by atoms with Crippen molar-refractivity contribution in [3.8, 4) is 5.75 Å². The smallest absolute Gasteiger partial charge is 0.287 e. The van der Waals surface area contributed by atoms with Crippen LogP contribution in [0, 0.1) is 5.92 Å². The highest BCUT2D eigenvalue weighted by molar-refractivity contribution is 6.30. The fourth-order valence-electron chi connectivity index (χ4n) is 2.73. The first kappa shape index (κ1) is 20.0. The largest absolute Gasteiger partial charge is 0.489 e. The number of carbonyl (C=O) groups is 1. The molecule has 0 bridgehead atoms. The molecule has 3 rings (SSSR count). The molecule has 0 aliphatic carbocycles. The van der Waals surface area contributed by atoms with Crippen molar-refractivity contribution in [2.24, 2.45) is 5.92 Å². The van der Waals surface area contributed by atoms with Gasteiger partial charge in [0.2, 0.25) is 0 Å². The summed E-state index contributed by atoms with van der Waals surface area (Å²) >= 11 is 6.18. The Morgan fingerprint density at radius 2 is 1.89 bits per heavy atom. The van der Waals surface area contributed by atoms with Gasteiger partial charge in [0.15, 0.2) is 5.76 Å². The number of hydrogen-bond donors (Lipinski definition) is 1. The van der Waals surface area contributed by atoms with Gasteiger partial charge < -0.3 is 14.5 Å². The summed E-state index contributed by atoms with van der Waals surface area (Å²) in [6.45, 7) is 5.17. The second kappa shape index (κ2) is 9.47. The van der Waals surface area contributed by atoms with E-state index in [9.17, 15) is 4.79 Å². The number of carbonyl (C=O) groups excluding carboxylic acids is 1. The van der Waals surface area contributed by atoms with Crippen LogP contribution in [0.2, 0.25) is 5.02 Å². The third-order valence-electron chi connectivity index (χ3n) is 4.18. The monoisotopic (exact) mass is 397 g/mol. The minimum atomic E-state index is -0.202. The van der Waals surface area contributed by atoms with Crippen LogP contribution < -0.4 is 10.1 Å². The maximum Gasteiger partial charge on any atom is 0.287 e. The Bertz CT molecular complexity index is 919. The molecule has 0 fully saturated rings. The van der Waals surface area contributed by atoms with Gasteiger partial charge in [-0.3, -0.25) is 4.79 Å². The van der Waals surface area contributed by atoms with Crippen molar-refractivity contribution in [2.75, 3.05) is 6.54 Å². The van der Waals surface area contributed by atoms with Gasteiger partial charge in [0.25, 0.3) is 5.91 Å². The van der Waals surface area contributed by atoms with Gasteiger partial charge in [0.05, 0.1) is 0 Å². The quantitative estimate of drug-likeness (QED) is 0.546. The normalized spacial score (nSPS) is 10.9. The SMILES string of the molecule is CC(C)CNC(=O)c1ccc(Cc2cc(Cl)ccc2OCc2ccccc2)o1. The molecule has 4 nitrogen and oxygen atoms in total. The molecule has 0 atom stereocenters. The number of halogens is 1. The molecule has 0 radical (unpaired) electrons. The fraction of sp³-hybridized carbons (Fsp3) is 0.261. The summed E-state index contributed by atoms with van der Waals surface area (Å²) < 4.78 is 11.7. The van der Waals surface area contributed by atoms with E-state index >= 15 is 0 Å². The molecule has 0 spiro atoms. The summed E-state index contributed by atoms with van der Waals surface area (Å²) in [5.74, 6) is 1.92. The Morgan fingerprint density at radius 1 is 1.11 bits per heavy atom. The van der Waals surface area contributed by atoms with E-state index in [1.54, 1.807) is 12.1 Å². The van der Waals surface area contributed by atoms with E-state index in [1.807, 2.05) is 62.4 Å². The van der Waals surface area contributed by atoms with Gasteiger partial charge in [0.1, 0.15) is 18.1 Å². The lowest BCUT2D eigenvalue weighted by Gasteiger charge is -2.11. The van der Waals surface area contributed by atoms with E-state index in [1.165, 1.54) is 0 Å². The van der Waals surface area contributed by atoms with E-state index in [-0.39, 0.29) is 5.91 Å². The summed E-state index contributed by atoms with van der Waals surface area (Å²) in [4.78, 5) is 12.1. The first-order valence-corrected chi connectivity index (χ1v) is 9.71. The van der Waals surface area contributed by atoms with Gasteiger partial charge in [-0.15, -0.1) is 0 Å². The molecule has 5 heteroatoms. The van der Waals surface area contributed by atoms with Gasteiger partial charge in [-0.05, 0) is 41.8 Å². The molecular formula is C23H24ClNO3. The highest BCUT2D eigenvalue weighted by atomic mass is 35.5. The molecule has 1 heterocycles. The third kappa shape index (κ3) is 5.64. The van der Waals surface area contributed by atoms with E-state index in [0.717, 1.165) is 16.9 Å². The van der Waals surface area contributed by atoms with Crippen LogP contribution in [0.1, 0.15) is 41.3 Å². The minimum Gasteiger partial charge on any atom is -0.489 e. The average Bonchev–Trinajstić information content (AvgIpc) is 3.15. The predicted molar refractivity (Wildman–Crippen MR) is 111 cm³/mol. The molecule has 1 aromatic heterocycles. The molecule has 28 heavy (non-hydrogen) atoms. The molecule has 1 N–H and O–H groups in total. The summed E-state index contributed by atoms with van der Waals surface area (Å²) in [7, 11) is 0. The maximum absolute atomic E-state index is 12.1. The van der Waals surface area contributed by atoms with Gasteiger partial charge in [0, 0.05) is 23.6 Å². The van der Waals surface area contributed by atoms with E-state index in [2.05, 4.69) is 5.32 Å². The highest BCUT2D eigenvalue weighted by Crippen LogP contribution is 2.27. The van der Waals surface area contributed by atoms with Crippen molar-refractivity contribution in [2.45, 2.75) is 26.9 Å². The second-order valence-corrected chi connectivity index (χ2v) is 7.51. The molecule has 0 aliphatic rings. The van der Waals surface area contributed by atoms with Crippen molar-refractivity contribution in [3.63, 3.8) is 0 Å². The van der Waals surface area contributed by atoms with Gasteiger partial charge in [-0.1, -0.05) is 55.8 Å². The van der Waals surface area contributed by atoms with Gasteiger partial charge in [-0.2, -0.15) is 0 Å². The topological polar surface area (TPSA) is 51.5 Å². The van der Waals surface area contributed by atoms with Crippen LogP contribution >= 0.6 is 11.6 Å². The Balaban J connectivity index is 1.70. The summed E-state index contributed by atoms with van der Waals surface area (Å²) in [5.41, 5.74) is 2.00. The molecule has 1 amide bonds. The Kier molecular flexibility index (Phi) is 6.77. The number of furan rings is 1. The predicted octanol–water partition coefficient (Wildman–Crippen LogP) is 5.49. The number of nitrogens with one attached hydrogen (secondary N) is 1. The number of rotatable bonds is 8. The fourth-order valence-corrected chi connectivity index (χ4v) is 2.92. The zero-order valence-corrected chi connectivity index (χ0v) is 16.8. The van der Waals surface area contributed by atoms with E-state index in [4.69, 9.17) is 20.8 Å². The Morgan fingerprint density at radius 3 is 2.64 bits per heavy atom. The highest BCUT2D eigenvalue weighted by Gasteiger charge is 2.14. The Labute approximate surface area is 170 Å². The van der Waals surface area contributed by atoms with Crippen molar-refractivity contribution in [1.29, 1.82) is 0 Å². The van der Waals surface area contributed by atoms with Crippen LogP contribution in [0.3, 0.4) is 0 Å². The Hall–Kier alpha value is -2.72. The molecule has 0 saturated carbocycles. The van der Waals surface area contributed by atoms with Crippen molar-refractivity contribution in [1.82, 2.24) is 5.32 Å². The molecule has 3 aromatic rings. The summed E-state index contributed by atoms with van der Waals surface area (Å²) in [5, 5.41) is 3.48. The van der Waals surface area contributed by atoms with Crippen molar-refractivity contribution in [3.05, 3.63) is 88.3 Å². The molecular weight excluding hydrogens is 374 g/mol. The lowest BCUT2D eigenvalue weighted by molar-refractivity contribution is 0.0919. The molecule has 0 unspecified atom stereocenters. The van der Waals surface area contributed by atoms with Crippen LogP contribution in [0.4, 0.5) is 0 Å². The zero-order chi connectivity index (χ0) is 19.9.